The Morgan fingerprint density at radius 3 is 2.59 bits per heavy atom. The molecule has 0 unspecified atom stereocenters. The Balaban J connectivity index is 2.31. The van der Waals surface area contributed by atoms with E-state index in [0.717, 1.165) is 9.26 Å². The zero-order chi connectivity index (χ0) is 12.4. The highest BCUT2D eigenvalue weighted by atomic mass is 127. The fourth-order valence-electron chi connectivity index (χ4n) is 1.23. The monoisotopic (exact) mass is 380 g/mol. The van der Waals surface area contributed by atoms with Crippen LogP contribution in [0.4, 0.5) is 17.5 Å². The molecule has 1 aromatic heterocycles. The Morgan fingerprint density at radius 1 is 1.18 bits per heavy atom. The first kappa shape index (κ1) is 12.7. The van der Waals surface area contributed by atoms with Gasteiger partial charge in [0.1, 0.15) is 11.0 Å². The van der Waals surface area contributed by atoms with Gasteiger partial charge in [-0.1, -0.05) is 23.2 Å². The highest BCUT2D eigenvalue weighted by Crippen LogP contribution is 2.25. The summed E-state index contributed by atoms with van der Waals surface area (Å²) in [5, 5.41) is 4.08. The lowest BCUT2D eigenvalue weighted by atomic mass is 10.3. The van der Waals surface area contributed by atoms with Crippen LogP contribution in [0.15, 0.2) is 24.3 Å². The number of hydrogen-bond acceptors (Lipinski definition) is 4. The Kier molecular flexibility index (Phi) is 3.90. The van der Waals surface area contributed by atoms with E-state index >= 15 is 0 Å². The molecule has 88 valence electrons. The number of nitrogen functional groups attached to an aromatic ring is 1. The van der Waals surface area contributed by atoms with E-state index in [9.17, 15) is 0 Å². The van der Waals surface area contributed by atoms with Crippen LogP contribution in [0.3, 0.4) is 0 Å². The normalized spacial score (nSPS) is 10.3. The van der Waals surface area contributed by atoms with E-state index < -0.39 is 0 Å². The van der Waals surface area contributed by atoms with Crippen LogP contribution in [0.1, 0.15) is 0 Å². The summed E-state index contributed by atoms with van der Waals surface area (Å²) in [5.74, 6) is 0.673. The van der Waals surface area contributed by atoms with Crippen LogP contribution in [-0.2, 0) is 0 Å². The van der Waals surface area contributed by atoms with Crippen molar-refractivity contribution in [2.45, 2.75) is 0 Å². The molecule has 7 heteroatoms. The van der Waals surface area contributed by atoms with Gasteiger partial charge in [0.15, 0.2) is 0 Å². The molecule has 0 fully saturated rings. The van der Waals surface area contributed by atoms with E-state index in [4.69, 9.17) is 28.9 Å². The molecule has 2 rings (SSSR count). The van der Waals surface area contributed by atoms with Gasteiger partial charge in [0, 0.05) is 14.7 Å². The van der Waals surface area contributed by atoms with E-state index in [1.54, 1.807) is 12.1 Å². The Morgan fingerprint density at radius 2 is 1.94 bits per heavy atom. The largest absolute Gasteiger partial charge is 0.368 e. The Labute approximate surface area is 122 Å². The Hall–Kier alpha value is -0.790. The molecule has 17 heavy (non-hydrogen) atoms. The van der Waals surface area contributed by atoms with Crippen LogP contribution >= 0.6 is 45.8 Å². The minimum absolute atomic E-state index is 0.129. The standard InChI is InChI=1S/C10H7Cl2IN4/c11-5-1-2-7(6(13)3-5)15-9-4-8(12)16-10(14)17-9/h1-4H,(H3,14,15,16,17). The lowest BCUT2D eigenvalue weighted by molar-refractivity contribution is 1.18. The molecule has 3 N–H and O–H groups in total. The lowest BCUT2D eigenvalue weighted by Crippen LogP contribution is -2.00. The molecule has 0 radical (unpaired) electrons. The van der Waals surface area contributed by atoms with Gasteiger partial charge in [0.25, 0.3) is 0 Å². The molecule has 0 aliphatic carbocycles. The summed E-state index contributed by atoms with van der Waals surface area (Å²) in [6.45, 7) is 0. The summed E-state index contributed by atoms with van der Waals surface area (Å²) in [6.07, 6.45) is 0. The first-order valence-electron chi connectivity index (χ1n) is 4.57. The highest BCUT2D eigenvalue weighted by Gasteiger charge is 2.04. The molecule has 0 spiro atoms. The van der Waals surface area contributed by atoms with E-state index in [2.05, 4.69) is 37.9 Å². The van der Waals surface area contributed by atoms with Gasteiger partial charge in [0.2, 0.25) is 5.95 Å². The highest BCUT2D eigenvalue weighted by molar-refractivity contribution is 14.1. The van der Waals surface area contributed by atoms with E-state index in [1.807, 2.05) is 12.1 Å². The van der Waals surface area contributed by atoms with E-state index in [1.165, 1.54) is 0 Å². The van der Waals surface area contributed by atoms with Gasteiger partial charge < -0.3 is 11.1 Å². The minimum atomic E-state index is 0.129. The van der Waals surface area contributed by atoms with Gasteiger partial charge in [0.05, 0.1) is 5.69 Å². The molecule has 4 nitrogen and oxygen atoms in total. The maximum atomic E-state index is 5.87. The SMILES string of the molecule is Nc1nc(Cl)cc(Nc2ccc(Cl)cc2I)n1. The summed E-state index contributed by atoms with van der Waals surface area (Å²) in [5.41, 5.74) is 6.38. The molecular weight excluding hydrogens is 374 g/mol. The number of nitrogens with two attached hydrogens (primary N) is 1. The van der Waals surface area contributed by atoms with Crippen molar-refractivity contribution in [3.63, 3.8) is 0 Å². The second kappa shape index (κ2) is 5.24. The molecule has 0 bridgehead atoms. The maximum absolute atomic E-state index is 5.87. The second-order valence-electron chi connectivity index (χ2n) is 3.18. The number of nitrogens with one attached hydrogen (secondary N) is 1. The first-order chi connectivity index (χ1) is 8.04. The number of anilines is 3. The number of benzene rings is 1. The number of halogens is 3. The number of aromatic nitrogens is 2. The summed E-state index contributed by atoms with van der Waals surface area (Å²) in [4.78, 5) is 7.81. The predicted octanol–water partition coefficient (Wildman–Crippen LogP) is 3.71. The second-order valence-corrected chi connectivity index (χ2v) is 5.17. The zero-order valence-electron chi connectivity index (χ0n) is 8.42. The summed E-state index contributed by atoms with van der Waals surface area (Å²) >= 11 is 13.8. The van der Waals surface area contributed by atoms with Crippen LogP contribution in [0.25, 0.3) is 0 Å². The van der Waals surface area contributed by atoms with Gasteiger partial charge in [-0.05, 0) is 40.8 Å². The molecule has 0 aliphatic rings. The van der Waals surface area contributed by atoms with Crippen molar-refractivity contribution >= 4 is 63.2 Å². The van der Waals surface area contributed by atoms with Gasteiger partial charge in [-0.15, -0.1) is 0 Å². The van der Waals surface area contributed by atoms with Gasteiger partial charge >= 0.3 is 0 Å². The Bertz CT molecular complexity index is 542. The molecule has 0 saturated heterocycles. The third-order valence-corrected chi connectivity index (χ3v) is 3.23. The van der Waals surface area contributed by atoms with Crippen molar-refractivity contribution in [2.75, 3.05) is 11.1 Å². The van der Waals surface area contributed by atoms with Crippen LogP contribution in [-0.4, -0.2) is 9.97 Å². The van der Waals surface area contributed by atoms with Crippen LogP contribution < -0.4 is 11.1 Å². The predicted molar refractivity (Wildman–Crippen MR) is 78.9 cm³/mol. The number of rotatable bonds is 2. The topological polar surface area (TPSA) is 63.8 Å². The molecule has 0 amide bonds. The third kappa shape index (κ3) is 3.34. The van der Waals surface area contributed by atoms with Crippen molar-refractivity contribution in [1.82, 2.24) is 9.97 Å². The van der Waals surface area contributed by atoms with E-state index in [-0.39, 0.29) is 5.95 Å². The third-order valence-electron chi connectivity index (χ3n) is 1.91. The average Bonchev–Trinajstić information content (AvgIpc) is 2.21. The molecule has 1 aromatic carbocycles. The van der Waals surface area contributed by atoms with Crippen molar-refractivity contribution < 1.29 is 0 Å². The summed E-state index contributed by atoms with van der Waals surface area (Å²) in [7, 11) is 0. The van der Waals surface area contributed by atoms with Gasteiger partial charge in [-0.25, -0.2) is 4.98 Å². The van der Waals surface area contributed by atoms with Gasteiger partial charge in [-0.2, -0.15) is 4.98 Å². The number of nitrogens with zero attached hydrogens (tertiary/aromatic N) is 2. The molecule has 2 aromatic rings. The van der Waals surface area contributed by atoms with Crippen molar-refractivity contribution in [3.8, 4) is 0 Å². The number of hydrogen-bond donors (Lipinski definition) is 2. The van der Waals surface area contributed by atoms with E-state index in [0.29, 0.717) is 16.0 Å². The zero-order valence-corrected chi connectivity index (χ0v) is 12.1. The first-order valence-corrected chi connectivity index (χ1v) is 6.40. The van der Waals surface area contributed by atoms with Crippen molar-refractivity contribution in [1.29, 1.82) is 0 Å². The quantitative estimate of drug-likeness (QED) is 0.615. The van der Waals surface area contributed by atoms with Crippen LogP contribution in [0.2, 0.25) is 10.2 Å². The van der Waals surface area contributed by atoms with Crippen LogP contribution in [0, 0.1) is 3.57 Å². The van der Waals surface area contributed by atoms with Crippen molar-refractivity contribution in [2.24, 2.45) is 0 Å². The maximum Gasteiger partial charge on any atom is 0.223 e. The molecule has 0 saturated carbocycles. The molecule has 1 heterocycles. The summed E-state index contributed by atoms with van der Waals surface area (Å²) < 4.78 is 0.975. The fraction of sp³-hybridized carbons (Fsp3) is 0. The van der Waals surface area contributed by atoms with Crippen molar-refractivity contribution in [3.05, 3.63) is 38.0 Å². The minimum Gasteiger partial charge on any atom is -0.368 e. The smallest absolute Gasteiger partial charge is 0.223 e. The molecular formula is C10H7Cl2IN4. The van der Waals surface area contributed by atoms with Gasteiger partial charge in [-0.3, -0.25) is 0 Å². The summed E-state index contributed by atoms with van der Waals surface area (Å²) in [6, 6.07) is 7.09. The molecule has 0 aliphatic heterocycles. The lowest BCUT2D eigenvalue weighted by Gasteiger charge is -2.08. The van der Waals surface area contributed by atoms with Crippen LogP contribution in [0.5, 0.6) is 0 Å². The average molecular weight is 381 g/mol. The fourth-order valence-corrected chi connectivity index (χ4v) is 2.42. The molecule has 0 atom stereocenters.